The third-order valence-corrected chi connectivity index (χ3v) is 4.62. The molecule has 8 heteroatoms. The van der Waals surface area contributed by atoms with Crippen LogP contribution in [-0.4, -0.2) is 71.0 Å². The topological polar surface area (TPSA) is 102 Å². The summed E-state index contributed by atoms with van der Waals surface area (Å²) in [5.41, 5.74) is -0.447. The Labute approximate surface area is 153 Å². The van der Waals surface area contributed by atoms with Crippen molar-refractivity contribution in [2.24, 2.45) is 5.92 Å². The molecule has 2 heterocycles. The van der Waals surface area contributed by atoms with Crippen molar-refractivity contribution in [3.63, 3.8) is 0 Å². The minimum absolute atomic E-state index is 0.0894. The molecule has 0 aromatic rings. The van der Waals surface area contributed by atoms with Gasteiger partial charge in [-0.25, -0.2) is 0 Å². The Morgan fingerprint density at radius 2 is 1.96 bits per heavy atom. The highest BCUT2D eigenvalue weighted by Gasteiger charge is 2.51. The molecule has 2 fully saturated rings. The Bertz CT molecular complexity index is 556. The maximum absolute atomic E-state index is 12.6. The second kappa shape index (κ2) is 7.92. The largest absolute Gasteiger partial charge is 0.462 e. The molecule has 1 N–H and O–H groups in total. The Morgan fingerprint density at radius 3 is 2.46 bits per heavy atom. The summed E-state index contributed by atoms with van der Waals surface area (Å²) >= 11 is 0. The van der Waals surface area contributed by atoms with Gasteiger partial charge < -0.3 is 24.2 Å². The predicted octanol–water partition coefficient (Wildman–Crippen LogP) is 0.647. The molecular formula is C18H29NO7. The number of hydrogen-bond acceptors (Lipinski definition) is 7. The van der Waals surface area contributed by atoms with E-state index in [-0.39, 0.29) is 25.0 Å². The zero-order chi connectivity index (χ0) is 19.6. The standard InChI is InChI=1S/C18H29NO7/c1-10(20)19-7-6-14(26-18(3,4)5)16(19)15-13(22)8-12(25-17(15)23)9-24-11(2)21/h12-16,22H,6-9H2,1-5H3/t12-,13+,14+,15-,16+/m1/s1. The van der Waals surface area contributed by atoms with Gasteiger partial charge in [-0.1, -0.05) is 0 Å². The summed E-state index contributed by atoms with van der Waals surface area (Å²) < 4.78 is 16.3. The van der Waals surface area contributed by atoms with Crippen LogP contribution in [0, 0.1) is 5.92 Å². The van der Waals surface area contributed by atoms with E-state index in [2.05, 4.69) is 0 Å². The van der Waals surface area contributed by atoms with Gasteiger partial charge in [-0.15, -0.1) is 0 Å². The fraction of sp³-hybridized carbons (Fsp3) is 0.833. The summed E-state index contributed by atoms with van der Waals surface area (Å²) in [6, 6.07) is -0.580. The molecule has 0 aliphatic carbocycles. The number of amides is 1. The first-order valence-corrected chi connectivity index (χ1v) is 8.96. The molecule has 2 saturated heterocycles. The number of aliphatic hydroxyl groups is 1. The number of rotatable bonds is 4. The third kappa shape index (κ3) is 4.94. The summed E-state index contributed by atoms with van der Waals surface area (Å²) in [6.07, 6.45) is -1.32. The van der Waals surface area contributed by atoms with Gasteiger partial charge in [-0.3, -0.25) is 14.4 Å². The van der Waals surface area contributed by atoms with Crippen LogP contribution in [0.5, 0.6) is 0 Å². The van der Waals surface area contributed by atoms with E-state index in [0.717, 1.165) is 0 Å². The van der Waals surface area contributed by atoms with Crippen molar-refractivity contribution < 1.29 is 33.7 Å². The van der Waals surface area contributed by atoms with Crippen LogP contribution in [0.2, 0.25) is 0 Å². The Kier molecular flexibility index (Phi) is 6.29. The average molecular weight is 371 g/mol. The predicted molar refractivity (Wildman–Crippen MR) is 91.0 cm³/mol. The van der Waals surface area contributed by atoms with Gasteiger partial charge in [-0.05, 0) is 27.2 Å². The number of nitrogens with zero attached hydrogens (tertiary/aromatic N) is 1. The van der Waals surface area contributed by atoms with E-state index < -0.39 is 41.7 Å². The van der Waals surface area contributed by atoms with Crippen LogP contribution in [-0.2, 0) is 28.6 Å². The van der Waals surface area contributed by atoms with Crippen LogP contribution in [0.15, 0.2) is 0 Å². The highest BCUT2D eigenvalue weighted by atomic mass is 16.6. The maximum atomic E-state index is 12.6. The summed E-state index contributed by atoms with van der Waals surface area (Å²) in [4.78, 5) is 37.2. The lowest BCUT2D eigenvalue weighted by Gasteiger charge is -2.41. The Balaban J connectivity index is 2.17. The van der Waals surface area contributed by atoms with E-state index in [1.54, 1.807) is 4.90 Å². The number of cyclic esters (lactones) is 1. The molecule has 26 heavy (non-hydrogen) atoms. The van der Waals surface area contributed by atoms with Crippen LogP contribution in [0.3, 0.4) is 0 Å². The van der Waals surface area contributed by atoms with Gasteiger partial charge in [0.15, 0.2) is 0 Å². The van der Waals surface area contributed by atoms with Crippen molar-refractivity contribution >= 4 is 17.8 Å². The lowest BCUT2D eigenvalue weighted by atomic mass is 9.85. The Morgan fingerprint density at radius 1 is 1.31 bits per heavy atom. The molecule has 0 unspecified atom stereocenters. The summed E-state index contributed by atoms with van der Waals surface area (Å²) in [5, 5.41) is 10.6. The third-order valence-electron chi connectivity index (χ3n) is 4.62. The van der Waals surface area contributed by atoms with Crippen LogP contribution < -0.4 is 0 Å². The zero-order valence-corrected chi connectivity index (χ0v) is 16.1. The number of esters is 2. The molecule has 0 bridgehead atoms. The number of hydrogen-bond donors (Lipinski definition) is 1. The van der Waals surface area contributed by atoms with Crippen LogP contribution in [0.25, 0.3) is 0 Å². The van der Waals surface area contributed by atoms with Crippen molar-refractivity contribution in [3.05, 3.63) is 0 Å². The highest BCUT2D eigenvalue weighted by molar-refractivity contribution is 5.79. The van der Waals surface area contributed by atoms with Crippen molar-refractivity contribution in [2.45, 2.75) is 77.4 Å². The fourth-order valence-corrected chi connectivity index (χ4v) is 3.71. The minimum Gasteiger partial charge on any atom is -0.462 e. The second-order valence-electron chi connectivity index (χ2n) is 7.95. The first kappa shape index (κ1) is 20.6. The lowest BCUT2D eigenvalue weighted by Crippen LogP contribution is -2.56. The summed E-state index contributed by atoms with van der Waals surface area (Å²) in [7, 11) is 0. The average Bonchev–Trinajstić information content (AvgIpc) is 2.86. The van der Waals surface area contributed by atoms with Gasteiger partial charge in [0, 0.05) is 26.8 Å². The quantitative estimate of drug-likeness (QED) is 0.724. The Hall–Kier alpha value is -1.67. The molecule has 148 valence electrons. The molecule has 5 atom stereocenters. The number of aliphatic hydroxyl groups excluding tert-OH is 1. The molecule has 2 aliphatic rings. The molecule has 0 aromatic carbocycles. The highest BCUT2D eigenvalue weighted by Crippen LogP contribution is 2.35. The number of ether oxygens (including phenoxy) is 3. The fourth-order valence-electron chi connectivity index (χ4n) is 3.71. The molecule has 2 aliphatic heterocycles. The van der Waals surface area contributed by atoms with E-state index in [9.17, 15) is 19.5 Å². The van der Waals surface area contributed by atoms with Crippen molar-refractivity contribution in [3.8, 4) is 0 Å². The van der Waals surface area contributed by atoms with Gasteiger partial charge in [-0.2, -0.15) is 0 Å². The van der Waals surface area contributed by atoms with Gasteiger partial charge in [0.25, 0.3) is 0 Å². The van der Waals surface area contributed by atoms with E-state index in [1.165, 1.54) is 13.8 Å². The molecule has 0 aromatic heterocycles. The normalized spacial score (nSPS) is 32.3. The van der Waals surface area contributed by atoms with E-state index in [1.807, 2.05) is 20.8 Å². The molecule has 2 rings (SSSR count). The molecular weight excluding hydrogens is 342 g/mol. The zero-order valence-electron chi connectivity index (χ0n) is 16.1. The lowest BCUT2D eigenvalue weighted by molar-refractivity contribution is -0.186. The SMILES string of the molecule is CC(=O)OC[C@H]1C[C@H](O)[C@H]([C@@H]2[C@@H](OC(C)(C)C)CCN2C(C)=O)C(=O)O1. The monoisotopic (exact) mass is 371 g/mol. The van der Waals surface area contributed by atoms with E-state index in [0.29, 0.717) is 13.0 Å². The molecule has 8 nitrogen and oxygen atoms in total. The number of carbonyl (C=O) groups excluding carboxylic acids is 3. The minimum atomic E-state index is -1.01. The van der Waals surface area contributed by atoms with Gasteiger partial charge >= 0.3 is 11.9 Å². The van der Waals surface area contributed by atoms with Crippen molar-refractivity contribution in [1.29, 1.82) is 0 Å². The second-order valence-corrected chi connectivity index (χ2v) is 7.95. The summed E-state index contributed by atoms with van der Waals surface area (Å²) in [5.74, 6) is -2.13. The van der Waals surface area contributed by atoms with Gasteiger partial charge in [0.1, 0.15) is 18.6 Å². The van der Waals surface area contributed by atoms with E-state index in [4.69, 9.17) is 14.2 Å². The molecule has 0 radical (unpaired) electrons. The molecule has 0 saturated carbocycles. The van der Waals surface area contributed by atoms with Gasteiger partial charge in [0.05, 0.1) is 23.9 Å². The molecule has 1 amide bonds. The smallest absolute Gasteiger partial charge is 0.314 e. The van der Waals surface area contributed by atoms with Crippen molar-refractivity contribution in [1.82, 2.24) is 4.90 Å². The number of likely N-dealkylation sites (tertiary alicyclic amines) is 1. The van der Waals surface area contributed by atoms with Crippen molar-refractivity contribution in [2.75, 3.05) is 13.2 Å². The number of carbonyl (C=O) groups is 3. The van der Waals surface area contributed by atoms with Crippen LogP contribution in [0.1, 0.15) is 47.5 Å². The first-order valence-electron chi connectivity index (χ1n) is 8.96. The van der Waals surface area contributed by atoms with Crippen LogP contribution in [0.4, 0.5) is 0 Å². The first-order chi connectivity index (χ1) is 12.0. The van der Waals surface area contributed by atoms with E-state index >= 15 is 0 Å². The summed E-state index contributed by atoms with van der Waals surface area (Å²) in [6.45, 7) is 8.81. The molecule has 0 spiro atoms. The van der Waals surface area contributed by atoms with Crippen LogP contribution >= 0.6 is 0 Å². The maximum Gasteiger partial charge on any atom is 0.314 e. The van der Waals surface area contributed by atoms with Gasteiger partial charge in [0.2, 0.25) is 5.91 Å².